The lowest BCUT2D eigenvalue weighted by Crippen LogP contribution is -2.43. The monoisotopic (exact) mass is 385 g/mol. The largest absolute Gasteiger partial charge is 0.512 e. The molecule has 1 aliphatic heterocycles. The minimum Gasteiger partial charge on any atom is -0.512 e. The smallest absolute Gasteiger partial charge is 0.331 e. The van der Waals surface area contributed by atoms with Crippen LogP contribution in [0.25, 0.3) is 0 Å². The van der Waals surface area contributed by atoms with Crippen LogP contribution in [0.15, 0.2) is 42.2 Å². The standard InChI is InChI=1S/C22H27NO5/c1-27-22(26)17-28-15-6-5-14-23-19(10-7-11-21(23)25)12-13-20(24)16-18-8-3-2-4-9-18/h2-4,8-9,13,19,24H,7,10-12,14-17H2,1H3/b20-13-/t19-/m1/s1. The Morgan fingerprint density at radius 1 is 1.32 bits per heavy atom. The number of methoxy groups -OCH3 is 1. The molecule has 0 aliphatic carbocycles. The Kier molecular flexibility index (Phi) is 9.09. The molecule has 0 aromatic heterocycles. The summed E-state index contributed by atoms with van der Waals surface area (Å²) in [6.07, 6.45) is 5.15. The summed E-state index contributed by atoms with van der Waals surface area (Å²) in [5, 5.41) is 10.2. The molecule has 1 fully saturated rings. The average molecular weight is 385 g/mol. The van der Waals surface area contributed by atoms with Crippen molar-refractivity contribution in [2.75, 3.05) is 26.9 Å². The first-order valence-corrected chi connectivity index (χ1v) is 9.42. The minimum atomic E-state index is -0.449. The van der Waals surface area contributed by atoms with Crippen LogP contribution in [-0.2, 0) is 25.5 Å². The maximum atomic E-state index is 12.3. The quantitative estimate of drug-likeness (QED) is 0.322. The van der Waals surface area contributed by atoms with Crippen molar-refractivity contribution >= 4 is 11.9 Å². The number of carbonyl (C=O) groups excluding carboxylic acids is 2. The van der Waals surface area contributed by atoms with Gasteiger partial charge in [0.2, 0.25) is 5.91 Å². The van der Waals surface area contributed by atoms with Crippen LogP contribution < -0.4 is 0 Å². The number of aliphatic hydroxyl groups is 1. The predicted molar refractivity (Wildman–Crippen MR) is 105 cm³/mol. The molecule has 0 radical (unpaired) electrons. The summed E-state index contributed by atoms with van der Waals surface area (Å²) in [6, 6.07) is 9.80. The Balaban J connectivity index is 1.85. The molecule has 0 spiro atoms. The topological polar surface area (TPSA) is 76.1 Å². The SMILES string of the molecule is COC(=O)COCC#CCN1C(=O)CCC[C@@H]1C/C=C(\O)Cc1ccccc1. The van der Waals surface area contributed by atoms with Crippen LogP contribution in [-0.4, -0.2) is 54.8 Å². The third-order valence-corrected chi connectivity index (χ3v) is 4.54. The first-order valence-electron chi connectivity index (χ1n) is 9.42. The Hall–Kier alpha value is -2.78. The summed E-state index contributed by atoms with van der Waals surface area (Å²) in [7, 11) is 1.30. The van der Waals surface area contributed by atoms with Crippen molar-refractivity contribution in [2.24, 2.45) is 0 Å². The number of esters is 1. The lowest BCUT2D eigenvalue weighted by Gasteiger charge is -2.33. The number of allylic oxidation sites excluding steroid dienone is 1. The summed E-state index contributed by atoms with van der Waals surface area (Å²) in [5.74, 6) is 5.68. The zero-order chi connectivity index (χ0) is 20.2. The number of hydrogen-bond acceptors (Lipinski definition) is 5. The fourth-order valence-corrected chi connectivity index (χ4v) is 3.04. The highest BCUT2D eigenvalue weighted by Gasteiger charge is 2.26. The van der Waals surface area contributed by atoms with E-state index >= 15 is 0 Å². The highest BCUT2D eigenvalue weighted by molar-refractivity contribution is 5.77. The summed E-state index contributed by atoms with van der Waals surface area (Å²) < 4.78 is 9.54. The van der Waals surface area contributed by atoms with E-state index in [2.05, 4.69) is 16.6 Å². The number of ether oxygens (including phenoxy) is 2. The number of likely N-dealkylation sites (tertiary alicyclic amines) is 1. The Labute approximate surface area is 166 Å². The van der Waals surface area contributed by atoms with Crippen LogP contribution in [0.3, 0.4) is 0 Å². The van der Waals surface area contributed by atoms with Crippen LogP contribution in [0.2, 0.25) is 0 Å². The highest BCUT2D eigenvalue weighted by atomic mass is 16.6. The Bertz CT molecular complexity index is 732. The van der Waals surface area contributed by atoms with E-state index in [1.165, 1.54) is 7.11 Å². The Morgan fingerprint density at radius 2 is 2.11 bits per heavy atom. The van der Waals surface area contributed by atoms with Gasteiger partial charge in [-0.3, -0.25) is 4.79 Å². The number of benzene rings is 1. The van der Waals surface area contributed by atoms with Gasteiger partial charge in [-0.05, 0) is 30.9 Å². The van der Waals surface area contributed by atoms with Crippen molar-refractivity contribution in [2.45, 2.75) is 38.1 Å². The van der Waals surface area contributed by atoms with Crippen molar-refractivity contribution in [1.29, 1.82) is 0 Å². The number of aliphatic hydroxyl groups excluding tert-OH is 1. The van der Waals surface area contributed by atoms with E-state index in [9.17, 15) is 14.7 Å². The van der Waals surface area contributed by atoms with E-state index in [1.807, 2.05) is 30.3 Å². The van der Waals surface area contributed by atoms with Gasteiger partial charge in [0.15, 0.2) is 0 Å². The van der Waals surface area contributed by atoms with Crippen LogP contribution in [0.5, 0.6) is 0 Å². The lowest BCUT2D eigenvalue weighted by atomic mass is 9.98. The lowest BCUT2D eigenvalue weighted by molar-refractivity contribution is -0.145. The first kappa shape index (κ1) is 21.5. The number of piperidine rings is 1. The molecular weight excluding hydrogens is 358 g/mol. The molecule has 0 bridgehead atoms. The van der Waals surface area contributed by atoms with Crippen molar-refractivity contribution < 1.29 is 24.2 Å². The van der Waals surface area contributed by atoms with Crippen LogP contribution in [0, 0.1) is 11.8 Å². The van der Waals surface area contributed by atoms with Gasteiger partial charge in [0.25, 0.3) is 0 Å². The molecule has 6 nitrogen and oxygen atoms in total. The number of nitrogens with zero attached hydrogens (tertiary/aromatic N) is 1. The molecule has 1 aromatic carbocycles. The second kappa shape index (κ2) is 11.8. The molecule has 2 rings (SSSR count). The number of hydrogen-bond donors (Lipinski definition) is 1. The summed E-state index contributed by atoms with van der Waals surface area (Å²) in [4.78, 5) is 25.0. The molecule has 0 unspecified atom stereocenters. The Morgan fingerprint density at radius 3 is 2.86 bits per heavy atom. The van der Waals surface area contributed by atoms with Gasteiger partial charge in [-0.1, -0.05) is 42.2 Å². The van der Waals surface area contributed by atoms with Crippen molar-refractivity contribution in [3.8, 4) is 11.8 Å². The first-order chi connectivity index (χ1) is 13.6. The fourth-order valence-electron chi connectivity index (χ4n) is 3.04. The molecular formula is C22H27NO5. The number of carbonyl (C=O) groups is 2. The van der Waals surface area contributed by atoms with Gasteiger partial charge in [0, 0.05) is 18.9 Å². The second-order valence-corrected chi connectivity index (χ2v) is 6.58. The van der Waals surface area contributed by atoms with Gasteiger partial charge < -0.3 is 19.5 Å². The fraction of sp³-hybridized carbons (Fsp3) is 0.455. The normalized spacial score (nSPS) is 17.0. The molecule has 0 saturated carbocycles. The molecule has 1 heterocycles. The zero-order valence-corrected chi connectivity index (χ0v) is 16.2. The van der Waals surface area contributed by atoms with E-state index < -0.39 is 5.97 Å². The molecule has 6 heteroatoms. The van der Waals surface area contributed by atoms with Crippen molar-refractivity contribution in [3.05, 3.63) is 47.7 Å². The molecule has 28 heavy (non-hydrogen) atoms. The van der Waals surface area contributed by atoms with Crippen LogP contribution in [0.1, 0.15) is 31.2 Å². The number of amides is 1. The van der Waals surface area contributed by atoms with Crippen LogP contribution >= 0.6 is 0 Å². The third-order valence-electron chi connectivity index (χ3n) is 4.54. The summed E-state index contributed by atoms with van der Waals surface area (Å²) >= 11 is 0. The van der Waals surface area contributed by atoms with Crippen molar-refractivity contribution in [3.63, 3.8) is 0 Å². The summed E-state index contributed by atoms with van der Waals surface area (Å²) in [5.41, 5.74) is 1.05. The maximum Gasteiger partial charge on any atom is 0.331 e. The molecule has 1 saturated heterocycles. The highest BCUT2D eigenvalue weighted by Crippen LogP contribution is 2.21. The van der Waals surface area contributed by atoms with Crippen molar-refractivity contribution in [1.82, 2.24) is 4.90 Å². The second-order valence-electron chi connectivity index (χ2n) is 6.58. The number of rotatable bonds is 8. The van der Waals surface area contributed by atoms with Gasteiger partial charge in [0.05, 0.1) is 19.4 Å². The minimum absolute atomic E-state index is 0.0319. The van der Waals surface area contributed by atoms with Gasteiger partial charge in [-0.25, -0.2) is 4.79 Å². The molecule has 1 aliphatic rings. The van der Waals surface area contributed by atoms with E-state index in [-0.39, 0.29) is 25.2 Å². The predicted octanol–water partition coefficient (Wildman–Crippen LogP) is 2.64. The zero-order valence-electron chi connectivity index (χ0n) is 16.2. The van der Waals surface area contributed by atoms with Gasteiger partial charge in [-0.15, -0.1) is 0 Å². The van der Waals surface area contributed by atoms with E-state index in [4.69, 9.17) is 4.74 Å². The van der Waals surface area contributed by atoms with E-state index in [1.54, 1.807) is 11.0 Å². The molecule has 1 aromatic rings. The molecule has 150 valence electrons. The van der Waals surface area contributed by atoms with Gasteiger partial charge >= 0.3 is 5.97 Å². The van der Waals surface area contributed by atoms with Gasteiger partial charge in [-0.2, -0.15) is 0 Å². The van der Waals surface area contributed by atoms with Crippen LogP contribution in [0.4, 0.5) is 0 Å². The maximum absolute atomic E-state index is 12.3. The summed E-state index contributed by atoms with van der Waals surface area (Å²) in [6.45, 7) is 0.292. The molecule has 1 N–H and O–H groups in total. The third kappa shape index (κ3) is 7.45. The van der Waals surface area contributed by atoms with E-state index in [0.717, 1.165) is 18.4 Å². The van der Waals surface area contributed by atoms with E-state index in [0.29, 0.717) is 31.6 Å². The van der Waals surface area contributed by atoms with Gasteiger partial charge in [0.1, 0.15) is 13.2 Å². The molecule has 1 atom stereocenters. The average Bonchev–Trinajstić information content (AvgIpc) is 2.70. The molecule has 1 amide bonds.